The third kappa shape index (κ3) is 24.1. The number of aliphatic hydroxyl groups excluding tert-OH is 1. The van der Waals surface area contributed by atoms with Gasteiger partial charge < -0.3 is 85.1 Å². The topological polar surface area (TPSA) is 444 Å². The average molecular weight is 1130 g/mol. The Bertz CT molecular complexity index is 2310. The molecule has 1 aliphatic rings. The molecule has 448 valence electrons. The molecule has 0 saturated carbocycles. The number of amides is 9. The molecule has 0 unspecified atom stereocenters. The van der Waals surface area contributed by atoms with Gasteiger partial charge in [-0.2, -0.15) is 0 Å². The second kappa shape index (κ2) is 34.2. The van der Waals surface area contributed by atoms with Crippen LogP contribution in [0.2, 0.25) is 0 Å². The average Bonchev–Trinajstić information content (AvgIpc) is 3.37. The van der Waals surface area contributed by atoms with Crippen LogP contribution in [0.4, 0.5) is 0 Å². The van der Waals surface area contributed by atoms with Crippen molar-refractivity contribution < 1.29 is 72.8 Å². The van der Waals surface area contributed by atoms with Gasteiger partial charge in [-0.05, 0) is 77.3 Å². The second-order valence-electron chi connectivity index (χ2n) is 21.2. The highest BCUT2D eigenvalue weighted by Gasteiger charge is 2.41. The predicted molar refractivity (Wildman–Crippen MR) is 291 cm³/mol. The molecule has 9 amide bonds. The number of carboxylic acids is 1. The molecule has 1 aliphatic heterocycles. The third-order valence-corrected chi connectivity index (χ3v) is 12.7. The number of esters is 1. The summed E-state index contributed by atoms with van der Waals surface area (Å²) in [6.07, 6.45) is -1.08. The van der Waals surface area contributed by atoms with E-state index in [1.54, 1.807) is 44.2 Å². The minimum Gasteiger partial charge on any atom is -0.481 e. The van der Waals surface area contributed by atoms with Gasteiger partial charge in [0, 0.05) is 19.5 Å². The van der Waals surface area contributed by atoms with Crippen LogP contribution in [0.5, 0.6) is 0 Å². The molecule has 1 heterocycles. The summed E-state index contributed by atoms with van der Waals surface area (Å²) >= 11 is 0. The van der Waals surface area contributed by atoms with Crippen molar-refractivity contribution in [3.8, 4) is 0 Å². The number of cyclic esters (lactones) is 1. The molecule has 18 N–H and O–H groups in total. The van der Waals surface area contributed by atoms with E-state index >= 15 is 0 Å². The standard InChI is InChI=1S/C53H86N12O15/c1-9-33-44(70)64-42(30(6)66)50(76)63-39(27-56)49(75)61-36(23-31-17-13-11-14-18-31)47(73)65-43(53(7,8)79)51(77)62-37(25-41(68)69)52(78)80-32(19-15-10-12-16-28(2)3)24-40(67)57-38(26-55)48(74)60-35(22-29(4)5)46(72)59-34(20-21-54)45(71)58-33/h9,11,13-14,17-18,28-30,32,34-39,42-43,66,79H,10,12,15-16,19-27,54-56H2,1-8H3,(H,57,67)(H,58,71)(H,59,72)(H,60,74)(H,61,75)(H,62,77)(H,63,76)(H,64,70)(H,65,73)(H,68,69)/b33-9+/t30-,32-,34+,35+,36-,37+,38+,39+,42+,43-/m1/s1. The lowest BCUT2D eigenvalue weighted by Gasteiger charge is -2.32. The van der Waals surface area contributed by atoms with Crippen molar-refractivity contribution in [1.82, 2.24) is 47.9 Å². The Balaban J connectivity index is 2.80. The smallest absolute Gasteiger partial charge is 0.329 e. The van der Waals surface area contributed by atoms with E-state index in [0.29, 0.717) is 24.3 Å². The zero-order valence-electron chi connectivity index (χ0n) is 47.1. The van der Waals surface area contributed by atoms with Crippen LogP contribution in [0.15, 0.2) is 42.1 Å². The fourth-order valence-electron chi connectivity index (χ4n) is 8.28. The van der Waals surface area contributed by atoms with Gasteiger partial charge in [-0.3, -0.25) is 47.9 Å². The SMILES string of the molecule is C/C=C1/NC(=O)[C@H](CCN)NC(=O)[C@H](CC(C)C)NC(=O)[C@H](CN)NC(=O)C[C@@H](CCCCCC(C)C)OC(=O)[C@H](CC(=O)O)NC(=O)[C@H](C(C)(C)O)NC(=O)[C@@H](Cc2ccccc2)NC(=O)[C@H](CN)NC(=O)[C@H]([C@@H](C)O)NC1=O. The Hall–Kier alpha value is -7.07. The van der Waals surface area contributed by atoms with Gasteiger partial charge in [0.15, 0.2) is 0 Å². The predicted octanol–water partition coefficient (Wildman–Crippen LogP) is -3.01. The van der Waals surface area contributed by atoms with E-state index in [1.165, 1.54) is 6.92 Å². The maximum atomic E-state index is 14.3. The molecule has 27 nitrogen and oxygen atoms in total. The maximum Gasteiger partial charge on any atom is 0.329 e. The number of carbonyl (C=O) groups is 11. The van der Waals surface area contributed by atoms with E-state index < -0.39 is 163 Å². The highest BCUT2D eigenvalue weighted by Crippen LogP contribution is 2.18. The molecular weight excluding hydrogens is 1040 g/mol. The van der Waals surface area contributed by atoms with Gasteiger partial charge in [-0.25, -0.2) is 4.79 Å². The summed E-state index contributed by atoms with van der Waals surface area (Å²) in [5.41, 5.74) is 15.6. The summed E-state index contributed by atoms with van der Waals surface area (Å²) in [5, 5.41) is 53.7. The first kappa shape index (κ1) is 69.0. The molecule has 1 saturated heterocycles. The molecule has 0 spiro atoms. The van der Waals surface area contributed by atoms with Gasteiger partial charge in [0.05, 0.1) is 24.5 Å². The number of nitrogens with one attached hydrogen (secondary N) is 9. The van der Waals surface area contributed by atoms with Crippen molar-refractivity contribution >= 4 is 65.1 Å². The van der Waals surface area contributed by atoms with Crippen LogP contribution in [-0.4, -0.2) is 166 Å². The number of carboxylic acid groups (broad SMARTS) is 1. The molecule has 0 aliphatic carbocycles. The van der Waals surface area contributed by atoms with E-state index in [-0.39, 0.29) is 38.1 Å². The van der Waals surface area contributed by atoms with E-state index in [0.717, 1.165) is 39.7 Å². The minimum atomic E-state index is -2.16. The first-order valence-electron chi connectivity index (χ1n) is 26.9. The van der Waals surface area contributed by atoms with Crippen LogP contribution in [0.3, 0.4) is 0 Å². The monoisotopic (exact) mass is 1130 g/mol. The van der Waals surface area contributed by atoms with Crippen molar-refractivity contribution in [2.24, 2.45) is 29.0 Å². The molecule has 2 rings (SSSR count). The first-order chi connectivity index (χ1) is 37.5. The number of unbranched alkanes of at least 4 members (excludes halogenated alkanes) is 2. The van der Waals surface area contributed by atoms with Crippen LogP contribution in [0.25, 0.3) is 0 Å². The molecule has 27 heteroatoms. The number of allylic oxidation sites excluding steroid dienone is 1. The van der Waals surface area contributed by atoms with Crippen LogP contribution >= 0.6 is 0 Å². The number of rotatable bonds is 18. The quantitative estimate of drug-likeness (QED) is 0.0395. The zero-order chi connectivity index (χ0) is 60.4. The van der Waals surface area contributed by atoms with Crippen LogP contribution in [0, 0.1) is 11.8 Å². The molecular formula is C53H86N12O15. The highest BCUT2D eigenvalue weighted by molar-refractivity contribution is 6.02. The Kier molecular flexibility index (Phi) is 29.5. The van der Waals surface area contributed by atoms with E-state index in [9.17, 15) is 68.1 Å². The number of carbonyl (C=O) groups excluding carboxylic acids is 10. The number of aliphatic carboxylic acids is 1. The Morgan fingerprint density at radius 1 is 0.662 bits per heavy atom. The molecule has 0 aromatic heterocycles. The van der Waals surface area contributed by atoms with Gasteiger partial charge in [-0.1, -0.05) is 83.4 Å². The van der Waals surface area contributed by atoms with Crippen molar-refractivity contribution in [3.63, 3.8) is 0 Å². The van der Waals surface area contributed by atoms with E-state index in [1.807, 2.05) is 13.8 Å². The number of ether oxygens (including phenoxy) is 1. The Labute approximate surface area is 466 Å². The molecule has 10 atom stereocenters. The van der Waals surface area contributed by atoms with Crippen molar-refractivity contribution in [1.29, 1.82) is 0 Å². The normalized spacial score (nSPS) is 25.5. The molecule has 0 radical (unpaired) electrons. The lowest BCUT2D eigenvalue weighted by Crippen LogP contribution is -2.64. The molecule has 80 heavy (non-hydrogen) atoms. The van der Waals surface area contributed by atoms with Crippen LogP contribution < -0.4 is 65.1 Å². The Morgan fingerprint density at radius 2 is 1.21 bits per heavy atom. The number of hydrogen-bond acceptors (Lipinski definition) is 17. The van der Waals surface area contributed by atoms with Crippen LogP contribution in [-0.2, 0) is 63.9 Å². The number of benzene rings is 1. The van der Waals surface area contributed by atoms with Crippen LogP contribution in [0.1, 0.15) is 119 Å². The Morgan fingerprint density at radius 3 is 1.75 bits per heavy atom. The summed E-state index contributed by atoms with van der Waals surface area (Å²) in [6.45, 7) is 11.1. The number of nitrogens with two attached hydrogens (primary N) is 3. The first-order valence-corrected chi connectivity index (χ1v) is 26.9. The van der Waals surface area contributed by atoms with E-state index in [2.05, 4.69) is 47.9 Å². The van der Waals surface area contributed by atoms with Gasteiger partial charge in [0.1, 0.15) is 60.1 Å². The van der Waals surface area contributed by atoms with Crippen molar-refractivity contribution in [2.75, 3.05) is 19.6 Å². The van der Waals surface area contributed by atoms with E-state index in [4.69, 9.17) is 21.9 Å². The van der Waals surface area contributed by atoms with Gasteiger partial charge in [-0.15, -0.1) is 0 Å². The second-order valence-corrected chi connectivity index (χ2v) is 21.2. The summed E-state index contributed by atoms with van der Waals surface area (Å²) in [4.78, 5) is 151. The molecule has 1 fully saturated rings. The fraction of sp³-hybridized carbons (Fsp3) is 0.642. The molecule has 1 aromatic carbocycles. The molecule has 1 aromatic rings. The third-order valence-electron chi connectivity index (χ3n) is 12.7. The van der Waals surface area contributed by atoms with Gasteiger partial charge in [0.2, 0.25) is 47.3 Å². The fourth-order valence-corrected chi connectivity index (χ4v) is 8.28. The number of aliphatic hydroxyl groups is 2. The number of hydrogen-bond donors (Lipinski definition) is 15. The van der Waals surface area contributed by atoms with Crippen molar-refractivity contribution in [3.05, 3.63) is 47.7 Å². The molecule has 0 bridgehead atoms. The lowest BCUT2D eigenvalue weighted by atomic mass is 9.96. The summed E-state index contributed by atoms with van der Waals surface area (Å²) in [5.74, 6) is -12.0. The van der Waals surface area contributed by atoms with Crippen molar-refractivity contribution in [2.45, 2.75) is 186 Å². The highest BCUT2D eigenvalue weighted by atomic mass is 16.5. The largest absolute Gasteiger partial charge is 0.481 e. The summed E-state index contributed by atoms with van der Waals surface area (Å²) in [7, 11) is 0. The summed E-state index contributed by atoms with van der Waals surface area (Å²) < 4.78 is 5.75. The maximum absolute atomic E-state index is 14.3. The summed E-state index contributed by atoms with van der Waals surface area (Å²) in [6, 6.07) is -5.07. The van der Waals surface area contributed by atoms with Gasteiger partial charge >= 0.3 is 11.9 Å². The minimum absolute atomic E-state index is 0.0117. The van der Waals surface area contributed by atoms with Gasteiger partial charge in [0.25, 0.3) is 5.91 Å². The zero-order valence-corrected chi connectivity index (χ0v) is 47.1. The lowest BCUT2D eigenvalue weighted by molar-refractivity contribution is -0.158.